The van der Waals surface area contributed by atoms with Crippen LogP contribution in [0.5, 0.6) is 0 Å². The van der Waals surface area contributed by atoms with Gasteiger partial charge in [-0.05, 0) is 24.6 Å². The number of nitrogens with zero attached hydrogens (tertiary/aromatic N) is 2. The van der Waals surface area contributed by atoms with E-state index in [1.165, 1.54) is 6.07 Å². The first kappa shape index (κ1) is 15.2. The van der Waals surface area contributed by atoms with Crippen LogP contribution in [0.2, 0.25) is 10.3 Å². The maximum atomic E-state index is 12.2. The lowest BCUT2D eigenvalue weighted by Crippen LogP contribution is -2.27. The van der Waals surface area contributed by atoms with E-state index in [9.17, 15) is 4.79 Å². The number of aromatic nitrogens is 2. The molecule has 1 N–H and O–H groups in total. The fourth-order valence-electron chi connectivity index (χ4n) is 1.69. The highest BCUT2D eigenvalue weighted by Gasteiger charge is 2.17. The minimum atomic E-state index is -0.352. The molecule has 1 atom stereocenters. The third-order valence-corrected chi connectivity index (χ3v) is 3.87. The van der Waals surface area contributed by atoms with Crippen LogP contribution >= 0.6 is 39.1 Å². The summed E-state index contributed by atoms with van der Waals surface area (Å²) in [6, 6.07) is 8.84. The number of nitrogens with one attached hydrogen (secondary N) is 1. The maximum absolute atomic E-state index is 12.2. The largest absolute Gasteiger partial charge is 0.345 e. The molecule has 0 saturated heterocycles. The highest BCUT2D eigenvalue weighted by Crippen LogP contribution is 2.23. The van der Waals surface area contributed by atoms with Crippen molar-refractivity contribution in [3.05, 3.63) is 56.2 Å². The molecule has 1 unspecified atom stereocenters. The van der Waals surface area contributed by atoms with Crippen molar-refractivity contribution in [2.24, 2.45) is 0 Å². The van der Waals surface area contributed by atoms with E-state index in [4.69, 9.17) is 23.2 Å². The number of halogens is 3. The summed E-state index contributed by atoms with van der Waals surface area (Å²) in [5, 5.41) is 10.2. The second kappa shape index (κ2) is 6.52. The first-order valence-corrected chi connectivity index (χ1v) is 7.28. The van der Waals surface area contributed by atoms with Crippen molar-refractivity contribution in [3.8, 4) is 0 Å². The fraction of sp³-hybridized carbons (Fsp3) is 0.154. The summed E-state index contributed by atoms with van der Waals surface area (Å²) >= 11 is 15.0. The van der Waals surface area contributed by atoms with Crippen molar-refractivity contribution in [1.29, 1.82) is 0 Å². The third-order valence-electron chi connectivity index (χ3n) is 2.68. The zero-order valence-electron chi connectivity index (χ0n) is 10.4. The Morgan fingerprint density at radius 1 is 1.30 bits per heavy atom. The summed E-state index contributed by atoms with van der Waals surface area (Å²) in [6.07, 6.45) is 0. The van der Waals surface area contributed by atoms with Crippen LogP contribution in [0.25, 0.3) is 0 Å². The summed E-state index contributed by atoms with van der Waals surface area (Å²) in [5.41, 5.74) is 1.16. The first-order valence-electron chi connectivity index (χ1n) is 5.73. The molecule has 104 valence electrons. The average molecular weight is 375 g/mol. The Labute approximate surface area is 134 Å². The van der Waals surface area contributed by atoms with Gasteiger partial charge in [0.15, 0.2) is 10.3 Å². The Bertz CT molecular complexity index is 651. The molecule has 7 heteroatoms. The zero-order valence-corrected chi connectivity index (χ0v) is 13.5. The minimum absolute atomic E-state index is 0.0197. The smallest absolute Gasteiger partial charge is 0.255 e. The molecule has 4 nitrogen and oxygen atoms in total. The summed E-state index contributed by atoms with van der Waals surface area (Å²) in [4.78, 5) is 12.2. The Balaban J connectivity index is 2.20. The number of amides is 1. The Hall–Kier alpha value is -1.17. The number of hydrogen-bond donors (Lipinski definition) is 1. The Kier molecular flexibility index (Phi) is 4.96. The molecular formula is C13H10BrCl2N3O. The van der Waals surface area contributed by atoms with Gasteiger partial charge in [-0.3, -0.25) is 4.79 Å². The summed E-state index contributed by atoms with van der Waals surface area (Å²) in [7, 11) is 0. The summed E-state index contributed by atoms with van der Waals surface area (Å²) in [6.45, 7) is 1.88. The van der Waals surface area contributed by atoms with Gasteiger partial charge in [-0.15, -0.1) is 10.2 Å². The van der Waals surface area contributed by atoms with Gasteiger partial charge in [0.05, 0.1) is 11.6 Å². The lowest BCUT2D eigenvalue weighted by molar-refractivity contribution is 0.0939. The predicted molar refractivity (Wildman–Crippen MR) is 82.1 cm³/mol. The maximum Gasteiger partial charge on any atom is 0.255 e. The highest BCUT2D eigenvalue weighted by molar-refractivity contribution is 9.10. The monoisotopic (exact) mass is 373 g/mol. The van der Waals surface area contributed by atoms with Crippen LogP contribution in [-0.4, -0.2) is 16.1 Å². The Morgan fingerprint density at radius 2 is 2.00 bits per heavy atom. The Morgan fingerprint density at radius 3 is 2.70 bits per heavy atom. The molecule has 2 aromatic rings. The van der Waals surface area contributed by atoms with Gasteiger partial charge in [-0.2, -0.15) is 0 Å². The van der Waals surface area contributed by atoms with E-state index >= 15 is 0 Å². The van der Waals surface area contributed by atoms with Gasteiger partial charge < -0.3 is 5.32 Å². The van der Waals surface area contributed by atoms with Crippen molar-refractivity contribution in [1.82, 2.24) is 15.5 Å². The molecule has 0 spiro atoms. The van der Waals surface area contributed by atoms with E-state index in [0.717, 1.165) is 10.0 Å². The normalized spacial score (nSPS) is 12.0. The van der Waals surface area contributed by atoms with Crippen LogP contribution in [0.4, 0.5) is 0 Å². The van der Waals surface area contributed by atoms with E-state index in [2.05, 4.69) is 31.4 Å². The molecule has 1 aromatic heterocycles. The predicted octanol–water partition coefficient (Wildman–Crippen LogP) is 4.04. The molecule has 1 aromatic carbocycles. The van der Waals surface area contributed by atoms with Crippen molar-refractivity contribution in [2.75, 3.05) is 0 Å². The van der Waals surface area contributed by atoms with Gasteiger partial charge in [0.2, 0.25) is 0 Å². The molecule has 0 fully saturated rings. The number of rotatable bonds is 3. The van der Waals surface area contributed by atoms with Crippen LogP contribution in [-0.2, 0) is 0 Å². The molecule has 0 aliphatic heterocycles. The van der Waals surface area contributed by atoms with Crippen LogP contribution in [0.15, 0.2) is 34.8 Å². The molecule has 0 aliphatic carbocycles. The topological polar surface area (TPSA) is 54.9 Å². The van der Waals surface area contributed by atoms with Gasteiger partial charge in [-0.1, -0.05) is 57.3 Å². The second-order valence-electron chi connectivity index (χ2n) is 4.09. The van der Waals surface area contributed by atoms with Gasteiger partial charge in [0.1, 0.15) is 0 Å². The molecule has 0 saturated carbocycles. The SMILES string of the molecule is CC(NC(=O)c1cc(Cl)nnc1Cl)c1ccccc1Br. The first-order chi connectivity index (χ1) is 9.49. The number of benzene rings is 1. The standard InChI is InChI=1S/C13H10BrCl2N3O/c1-7(8-4-2-3-5-10(8)14)17-13(20)9-6-11(15)18-19-12(9)16/h2-7H,1H3,(H,17,20). The lowest BCUT2D eigenvalue weighted by atomic mass is 10.1. The highest BCUT2D eigenvalue weighted by atomic mass is 79.9. The van der Waals surface area contributed by atoms with Crippen molar-refractivity contribution in [2.45, 2.75) is 13.0 Å². The summed E-state index contributed by atoms with van der Waals surface area (Å²) in [5.74, 6) is -0.352. The van der Waals surface area contributed by atoms with Crippen LogP contribution in [0.3, 0.4) is 0 Å². The van der Waals surface area contributed by atoms with Crippen molar-refractivity contribution < 1.29 is 4.79 Å². The lowest BCUT2D eigenvalue weighted by Gasteiger charge is -2.16. The minimum Gasteiger partial charge on any atom is -0.345 e. The van der Waals surface area contributed by atoms with E-state index in [1.54, 1.807) is 0 Å². The zero-order chi connectivity index (χ0) is 14.7. The van der Waals surface area contributed by atoms with Gasteiger partial charge in [0.25, 0.3) is 5.91 Å². The molecule has 1 amide bonds. The number of carbonyl (C=O) groups excluding carboxylic acids is 1. The molecular weight excluding hydrogens is 365 g/mol. The molecule has 2 rings (SSSR count). The molecule has 1 heterocycles. The summed E-state index contributed by atoms with van der Waals surface area (Å²) < 4.78 is 0.921. The third kappa shape index (κ3) is 3.48. The fourth-order valence-corrected chi connectivity index (χ4v) is 2.64. The van der Waals surface area contributed by atoms with Crippen LogP contribution < -0.4 is 5.32 Å². The van der Waals surface area contributed by atoms with Gasteiger partial charge in [-0.25, -0.2) is 0 Å². The van der Waals surface area contributed by atoms with E-state index in [1.807, 2.05) is 31.2 Å². The number of carbonyl (C=O) groups is 1. The van der Waals surface area contributed by atoms with E-state index in [0.29, 0.717) is 0 Å². The second-order valence-corrected chi connectivity index (χ2v) is 5.69. The molecule has 0 radical (unpaired) electrons. The van der Waals surface area contributed by atoms with Crippen LogP contribution in [0.1, 0.15) is 28.9 Å². The van der Waals surface area contributed by atoms with Gasteiger partial charge in [0, 0.05) is 4.47 Å². The molecule has 0 bridgehead atoms. The van der Waals surface area contributed by atoms with Crippen LogP contribution in [0, 0.1) is 0 Å². The molecule has 0 aliphatic rings. The van der Waals surface area contributed by atoms with Gasteiger partial charge >= 0.3 is 0 Å². The van der Waals surface area contributed by atoms with Crippen molar-refractivity contribution in [3.63, 3.8) is 0 Å². The average Bonchev–Trinajstić information content (AvgIpc) is 2.41. The van der Waals surface area contributed by atoms with Crippen molar-refractivity contribution >= 4 is 45.0 Å². The van der Waals surface area contributed by atoms with E-state index in [-0.39, 0.29) is 27.8 Å². The molecule has 20 heavy (non-hydrogen) atoms. The number of hydrogen-bond acceptors (Lipinski definition) is 3. The quantitative estimate of drug-likeness (QED) is 0.881. The van der Waals surface area contributed by atoms with E-state index < -0.39 is 0 Å².